The molecule has 2 aromatic rings. The van der Waals surface area contributed by atoms with E-state index in [9.17, 15) is 9.59 Å². The highest BCUT2D eigenvalue weighted by Gasteiger charge is 2.24. The molecular weight excluding hydrogens is 336 g/mol. The lowest BCUT2D eigenvalue weighted by atomic mass is 10.1. The Hall–Kier alpha value is -2.86. The van der Waals surface area contributed by atoms with E-state index in [0.717, 1.165) is 16.7 Å². The Labute approximate surface area is 149 Å². The number of thioether (sulfide) groups is 1. The molecule has 1 amide bonds. The molecule has 0 spiro atoms. The molecule has 126 valence electrons. The minimum Gasteiger partial charge on any atom is -0.478 e. The van der Waals surface area contributed by atoms with Gasteiger partial charge in [0.2, 0.25) is 0 Å². The van der Waals surface area contributed by atoms with Crippen LogP contribution in [0.25, 0.3) is 6.08 Å². The molecule has 2 N–H and O–H groups in total. The van der Waals surface area contributed by atoms with Crippen molar-refractivity contribution < 1.29 is 14.7 Å². The standard InChI is InChI=1S/C19H16N2O3S/c1-11-3-6-13(7-4-11)9-16-17(22)21-19(25-16)20-15-10-14(18(23)24)8-5-12(15)2/h3-10H,1-2H3,(H,23,24)(H,20,21,22). The van der Waals surface area contributed by atoms with Crippen LogP contribution < -0.4 is 5.32 Å². The predicted molar refractivity (Wildman–Crippen MR) is 100 cm³/mol. The number of amides is 1. The summed E-state index contributed by atoms with van der Waals surface area (Å²) in [7, 11) is 0. The lowest BCUT2D eigenvalue weighted by Crippen LogP contribution is -2.19. The minimum atomic E-state index is -1.01. The Morgan fingerprint density at radius 3 is 2.56 bits per heavy atom. The van der Waals surface area contributed by atoms with E-state index in [1.807, 2.05) is 44.2 Å². The molecule has 3 rings (SSSR count). The number of nitrogens with one attached hydrogen (secondary N) is 1. The number of rotatable bonds is 3. The van der Waals surface area contributed by atoms with Crippen LogP contribution in [0, 0.1) is 13.8 Å². The summed E-state index contributed by atoms with van der Waals surface area (Å²) in [6.07, 6.45) is 1.81. The number of carbonyl (C=O) groups excluding carboxylic acids is 1. The van der Waals surface area contributed by atoms with Gasteiger partial charge in [-0.15, -0.1) is 0 Å². The second-order valence-electron chi connectivity index (χ2n) is 5.70. The topological polar surface area (TPSA) is 78.8 Å². The van der Waals surface area contributed by atoms with Crippen LogP contribution in [0.2, 0.25) is 0 Å². The first-order valence-electron chi connectivity index (χ1n) is 7.62. The second-order valence-corrected chi connectivity index (χ2v) is 6.73. The van der Waals surface area contributed by atoms with Crippen LogP contribution >= 0.6 is 11.8 Å². The van der Waals surface area contributed by atoms with Crippen molar-refractivity contribution in [1.82, 2.24) is 5.32 Å². The van der Waals surface area contributed by atoms with E-state index in [0.29, 0.717) is 15.8 Å². The summed E-state index contributed by atoms with van der Waals surface area (Å²) in [6, 6.07) is 12.6. The van der Waals surface area contributed by atoms with E-state index in [1.165, 1.54) is 23.9 Å². The van der Waals surface area contributed by atoms with Crippen LogP contribution in [-0.2, 0) is 4.79 Å². The third-order valence-corrected chi connectivity index (χ3v) is 4.61. The molecule has 0 unspecified atom stereocenters. The molecule has 0 atom stereocenters. The number of carboxylic acids is 1. The summed E-state index contributed by atoms with van der Waals surface area (Å²) >= 11 is 1.24. The normalized spacial score (nSPS) is 17.1. The number of carbonyl (C=O) groups is 2. The highest BCUT2D eigenvalue weighted by Crippen LogP contribution is 2.29. The number of aliphatic imine (C=N–C) groups is 1. The Kier molecular flexibility index (Phi) is 4.72. The van der Waals surface area contributed by atoms with Gasteiger partial charge in [-0.05, 0) is 54.9 Å². The molecule has 2 aromatic carbocycles. The minimum absolute atomic E-state index is 0.162. The van der Waals surface area contributed by atoms with Crippen molar-refractivity contribution in [3.8, 4) is 0 Å². The predicted octanol–water partition coefficient (Wildman–Crippen LogP) is 3.89. The zero-order chi connectivity index (χ0) is 18.0. The van der Waals surface area contributed by atoms with Gasteiger partial charge < -0.3 is 10.4 Å². The molecular formula is C19H16N2O3S. The van der Waals surface area contributed by atoms with Crippen LogP contribution in [-0.4, -0.2) is 22.2 Å². The van der Waals surface area contributed by atoms with Crippen LogP contribution in [0.5, 0.6) is 0 Å². The summed E-state index contributed by atoms with van der Waals surface area (Å²) in [6.45, 7) is 3.85. The van der Waals surface area contributed by atoms with E-state index in [4.69, 9.17) is 5.11 Å². The lowest BCUT2D eigenvalue weighted by Gasteiger charge is -2.03. The Morgan fingerprint density at radius 1 is 1.16 bits per heavy atom. The Morgan fingerprint density at radius 2 is 1.88 bits per heavy atom. The van der Waals surface area contributed by atoms with Crippen molar-refractivity contribution in [2.75, 3.05) is 0 Å². The van der Waals surface area contributed by atoms with Crippen LogP contribution in [0.4, 0.5) is 5.69 Å². The van der Waals surface area contributed by atoms with Gasteiger partial charge in [-0.3, -0.25) is 4.79 Å². The van der Waals surface area contributed by atoms with E-state index < -0.39 is 5.97 Å². The fraction of sp³-hybridized carbons (Fsp3) is 0.105. The molecule has 0 aliphatic carbocycles. The van der Waals surface area contributed by atoms with E-state index in [1.54, 1.807) is 6.07 Å². The molecule has 1 fully saturated rings. The maximum atomic E-state index is 12.1. The van der Waals surface area contributed by atoms with Gasteiger partial charge in [-0.2, -0.15) is 0 Å². The smallest absolute Gasteiger partial charge is 0.335 e. The molecule has 25 heavy (non-hydrogen) atoms. The SMILES string of the molecule is Cc1ccc(C=C2SC(=Nc3cc(C(=O)O)ccc3C)NC2=O)cc1. The van der Waals surface area contributed by atoms with E-state index in [2.05, 4.69) is 10.3 Å². The van der Waals surface area contributed by atoms with Gasteiger partial charge in [-0.25, -0.2) is 9.79 Å². The Balaban J connectivity index is 1.87. The first kappa shape index (κ1) is 17.0. The summed E-state index contributed by atoms with van der Waals surface area (Å²) in [5.74, 6) is -1.22. The third kappa shape index (κ3) is 3.97. The maximum absolute atomic E-state index is 12.1. The highest BCUT2D eigenvalue weighted by atomic mass is 32.2. The molecule has 1 saturated heterocycles. The quantitative estimate of drug-likeness (QED) is 0.821. The average molecular weight is 352 g/mol. The first-order chi connectivity index (χ1) is 11.9. The number of carboxylic acid groups (broad SMARTS) is 1. The van der Waals surface area contributed by atoms with Gasteiger partial charge in [0.05, 0.1) is 16.2 Å². The van der Waals surface area contributed by atoms with Crippen molar-refractivity contribution in [3.05, 3.63) is 69.6 Å². The maximum Gasteiger partial charge on any atom is 0.335 e. The summed E-state index contributed by atoms with van der Waals surface area (Å²) < 4.78 is 0. The number of hydrogen-bond donors (Lipinski definition) is 2. The number of nitrogens with zero attached hydrogens (tertiary/aromatic N) is 1. The van der Waals surface area contributed by atoms with Gasteiger partial charge in [0.1, 0.15) is 0 Å². The molecule has 1 heterocycles. The largest absolute Gasteiger partial charge is 0.478 e. The monoisotopic (exact) mass is 352 g/mol. The molecule has 1 aliphatic rings. The second kappa shape index (κ2) is 6.94. The highest BCUT2D eigenvalue weighted by molar-refractivity contribution is 8.18. The average Bonchev–Trinajstić information content (AvgIpc) is 2.91. The van der Waals surface area contributed by atoms with E-state index in [-0.39, 0.29) is 11.5 Å². The van der Waals surface area contributed by atoms with Crippen molar-refractivity contribution in [3.63, 3.8) is 0 Å². The molecule has 1 aliphatic heterocycles. The number of aryl methyl sites for hydroxylation is 2. The molecule has 0 aromatic heterocycles. The number of benzene rings is 2. The van der Waals surface area contributed by atoms with E-state index >= 15 is 0 Å². The molecule has 6 heteroatoms. The summed E-state index contributed by atoms with van der Waals surface area (Å²) in [4.78, 5) is 28.2. The van der Waals surface area contributed by atoms with Gasteiger partial charge >= 0.3 is 5.97 Å². The molecule has 0 bridgehead atoms. The number of aromatic carboxylic acids is 1. The van der Waals surface area contributed by atoms with Crippen molar-refractivity contribution in [2.24, 2.45) is 4.99 Å². The third-order valence-electron chi connectivity index (χ3n) is 3.70. The fourth-order valence-electron chi connectivity index (χ4n) is 2.27. The molecule has 5 nitrogen and oxygen atoms in total. The van der Waals surface area contributed by atoms with Crippen LogP contribution in [0.15, 0.2) is 52.4 Å². The van der Waals surface area contributed by atoms with Crippen LogP contribution in [0.3, 0.4) is 0 Å². The van der Waals surface area contributed by atoms with Crippen LogP contribution in [0.1, 0.15) is 27.0 Å². The van der Waals surface area contributed by atoms with Crippen molar-refractivity contribution >= 4 is 40.6 Å². The van der Waals surface area contributed by atoms with Gasteiger partial charge in [-0.1, -0.05) is 35.9 Å². The fourth-order valence-corrected chi connectivity index (χ4v) is 3.10. The zero-order valence-corrected chi connectivity index (χ0v) is 14.6. The lowest BCUT2D eigenvalue weighted by molar-refractivity contribution is -0.115. The number of amidine groups is 1. The Bertz CT molecular complexity index is 915. The summed E-state index contributed by atoms with van der Waals surface area (Å²) in [5, 5.41) is 12.3. The van der Waals surface area contributed by atoms with Gasteiger partial charge in [0.25, 0.3) is 5.91 Å². The zero-order valence-electron chi connectivity index (χ0n) is 13.7. The number of hydrogen-bond acceptors (Lipinski definition) is 4. The molecule has 0 radical (unpaired) electrons. The molecule has 0 saturated carbocycles. The van der Waals surface area contributed by atoms with Crippen molar-refractivity contribution in [2.45, 2.75) is 13.8 Å². The van der Waals surface area contributed by atoms with Gasteiger partial charge in [0.15, 0.2) is 5.17 Å². The first-order valence-corrected chi connectivity index (χ1v) is 8.44. The van der Waals surface area contributed by atoms with Gasteiger partial charge in [0, 0.05) is 0 Å². The van der Waals surface area contributed by atoms with Crippen molar-refractivity contribution in [1.29, 1.82) is 0 Å². The summed E-state index contributed by atoms with van der Waals surface area (Å²) in [5.41, 5.74) is 3.62.